The van der Waals surface area contributed by atoms with Crippen LogP contribution < -0.4 is 5.32 Å². The van der Waals surface area contributed by atoms with E-state index >= 15 is 0 Å². The zero-order chi connectivity index (χ0) is 21.1. The van der Waals surface area contributed by atoms with Crippen molar-refractivity contribution < 1.29 is 4.79 Å². The number of nitrogens with zero attached hydrogens (tertiary/aromatic N) is 4. The van der Waals surface area contributed by atoms with Gasteiger partial charge in [0.2, 0.25) is 5.91 Å². The van der Waals surface area contributed by atoms with Gasteiger partial charge in [-0.05, 0) is 38.8 Å². The van der Waals surface area contributed by atoms with E-state index in [2.05, 4.69) is 27.2 Å². The van der Waals surface area contributed by atoms with E-state index in [-0.39, 0.29) is 11.8 Å². The number of thiazole rings is 1. The summed E-state index contributed by atoms with van der Waals surface area (Å²) in [6.07, 6.45) is 4.42. The Hall–Kier alpha value is -3.06. The average Bonchev–Trinajstić information content (AvgIpc) is 3.34. The molecule has 0 unspecified atom stereocenters. The first-order valence-electron chi connectivity index (χ1n) is 10.1. The van der Waals surface area contributed by atoms with E-state index in [1.807, 2.05) is 61.2 Å². The first kappa shape index (κ1) is 20.2. The number of hydrogen-bond acceptors (Lipinski definition) is 6. The molecule has 1 aromatic carbocycles. The maximum Gasteiger partial charge on any atom is 0.246 e. The van der Waals surface area contributed by atoms with Crippen molar-refractivity contribution in [1.82, 2.24) is 19.9 Å². The number of carbonyl (C=O) groups is 1. The third-order valence-electron chi connectivity index (χ3n) is 5.26. The minimum atomic E-state index is 0.0409. The summed E-state index contributed by atoms with van der Waals surface area (Å²) in [5, 5.41) is 4.14. The Kier molecular flexibility index (Phi) is 5.90. The van der Waals surface area contributed by atoms with Gasteiger partial charge in [0.1, 0.15) is 11.6 Å². The van der Waals surface area contributed by atoms with Crippen LogP contribution in [0.4, 0.5) is 10.9 Å². The number of anilines is 2. The van der Waals surface area contributed by atoms with E-state index in [9.17, 15) is 4.79 Å². The summed E-state index contributed by atoms with van der Waals surface area (Å²) >= 11 is 1.62. The quantitative estimate of drug-likeness (QED) is 0.611. The van der Waals surface area contributed by atoms with Crippen molar-refractivity contribution in [3.8, 4) is 0 Å². The van der Waals surface area contributed by atoms with Gasteiger partial charge < -0.3 is 10.2 Å². The lowest BCUT2D eigenvalue weighted by atomic mass is 10.0. The van der Waals surface area contributed by atoms with Gasteiger partial charge in [0.15, 0.2) is 5.13 Å². The second-order valence-electron chi connectivity index (χ2n) is 7.52. The number of amides is 1. The molecule has 1 fully saturated rings. The van der Waals surface area contributed by atoms with Crippen LogP contribution in [0.1, 0.15) is 40.0 Å². The van der Waals surface area contributed by atoms with Crippen molar-refractivity contribution in [2.45, 2.75) is 33.1 Å². The number of carbonyl (C=O) groups excluding carboxylic acids is 1. The number of rotatable bonds is 5. The first-order valence-corrected chi connectivity index (χ1v) is 10.9. The lowest BCUT2D eigenvalue weighted by molar-refractivity contribution is -0.124. The van der Waals surface area contributed by atoms with Crippen LogP contribution in [-0.4, -0.2) is 38.8 Å². The molecule has 1 saturated heterocycles. The molecule has 1 atom stereocenters. The van der Waals surface area contributed by atoms with Gasteiger partial charge in [-0.2, -0.15) is 0 Å². The standard InChI is InChI=1S/C23H25N5OS/c1-15-16(2)30-23(24-15)27-21-13-20(25-17(3)26-21)19-11-12-28(14-19)22(29)10-9-18-7-5-4-6-8-18/h4-10,13,19H,11-12,14H2,1-3H3,(H,24,25,26,27)/b10-9+/t19-/m1/s1. The van der Waals surface area contributed by atoms with Gasteiger partial charge in [-0.3, -0.25) is 4.79 Å². The van der Waals surface area contributed by atoms with E-state index in [0.29, 0.717) is 12.4 Å². The van der Waals surface area contributed by atoms with E-state index in [4.69, 9.17) is 0 Å². The monoisotopic (exact) mass is 419 g/mol. The SMILES string of the molecule is Cc1nc(Nc2nc(C)c(C)s2)cc([C@@H]2CCN(C(=O)/C=C/c3ccccc3)C2)n1. The smallest absolute Gasteiger partial charge is 0.246 e. The second kappa shape index (κ2) is 8.75. The number of hydrogen-bond donors (Lipinski definition) is 1. The van der Waals surface area contributed by atoms with Gasteiger partial charge in [0, 0.05) is 36.0 Å². The lowest BCUT2D eigenvalue weighted by Gasteiger charge is -2.15. The molecule has 0 aliphatic carbocycles. The molecule has 3 heterocycles. The molecule has 2 aromatic heterocycles. The molecule has 7 heteroatoms. The molecule has 0 saturated carbocycles. The fraction of sp³-hybridized carbons (Fsp3) is 0.304. The molecular formula is C23H25N5OS. The second-order valence-corrected chi connectivity index (χ2v) is 8.73. The molecule has 1 aliphatic rings. The summed E-state index contributed by atoms with van der Waals surface area (Å²) < 4.78 is 0. The van der Waals surface area contributed by atoms with Gasteiger partial charge in [-0.1, -0.05) is 30.3 Å². The predicted octanol–water partition coefficient (Wildman–Crippen LogP) is 4.63. The number of benzene rings is 1. The Labute approximate surface area is 180 Å². The van der Waals surface area contributed by atoms with Crippen LogP contribution in [0.2, 0.25) is 0 Å². The molecule has 0 bridgehead atoms. The van der Waals surface area contributed by atoms with Crippen LogP contribution in [-0.2, 0) is 4.79 Å². The van der Waals surface area contributed by atoms with Crippen molar-refractivity contribution >= 4 is 34.3 Å². The minimum absolute atomic E-state index is 0.0409. The highest BCUT2D eigenvalue weighted by atomic mass is 32.1. The fourth-order valence-corrected chi connectivity index (χ4v) is 4.36. The molecular weight excluding hydrogens is 394 g/mol. The van der Waals surface area contributed by atoms with E-state index in [1.165, 1.54) is 4.88 Å². The molecule has 1 amide bonds. The summed E-state index contributed by atoms with van der Waals surface area (Å²) in [7, 11) is 0. The van der Waals surface area contributed by atoms with Crippen LogP contribution in [0.15, 0.2) is 42.5 Å². The predicted molar refractivity (Wildman–Crippen MR) is 121 cm³/mol. The maximum absolute atomic E-state index is 12.6. The number of likely N-dealkylation sites (tertiary alicyclic amines) is 1. The maximum atomic E-state index is 12.6. The molecule has 0 spiro atoms. The van der Waals surface area contributed by atoms with Crippen molar-refractivity contribution in [2.75, 3.05) is 18.4 Å². The summed E-state index contributed by atoms with van der Waals surface area (Å²) in [4.78, 5) is 29.4. The van der Waals surface area contributed by atoms with Crippen LogP contribution in [0.25, 0.3) is 6.08 Å². The molecule has 1 N–H and O–H groups in total. The zero-order valence-corrected chi connectivity index (χ0v) is 18.2. The summed E-state index contributed by atoms with van der Waals surface area (Å²) in [5.41, 5.74) is 3.02. The van der Waals surface area contributed by atoms with Crippen molar-refractivity contribution in [1.29, 1.82) is 0 Å². The molecule has 30 heavy (non-hydrogen) atoms. The molecule has 6 nitrogen and oxygen atoms in total. The highest BCUT2D eigenvalue weighted by Crippen LogP contribution is 2.29. The highest BCUT2D eigenvalue weighted by molar-refractivity contribution is 7.15. The van der Waals surface area contributed by atoms with Crippen molar-refractivity contribution in [3.05, 3.63) is 70.1 Å². The average molecular weight is 420 g/mol. The van der Waals surface area contributed by atoms with Crippen LogP contribution in [0, 0.1) is 20.8 Å². The Morgan fingerprint density at radius 3 is 2.70 bits per heavy atom. The molecule has 4 rings (SSSR count). The summed E-state index contributed by atoms with van der Waals surface area (Å²) in [6.45, 7) is 7.37. The fourth-order valence-electron chi connectivity index (χ4n) is 3.54. The zero-order valence-electron chi connectivity index (χ0n) is 17.4. The van der Waals surface area contributed by atoms with Crippen LogP contribution in [0.3, 0.4) is 0 Å². The number of aryl methyl sites for hydroxylation is 3. The van der Waals surface area contributed by atoms with Gasteiger partial charge >= 0.3 is 0 Å². The summed E-state index contributed by atoms with van der Waals surface area (Å²) in [5.74, 6) is 1.72. The summed E-state index contributed by atoms with van der Waals surface area (Å²) in [6, 6.07) is 11.9. The van der Waals surface area contributed by atoms with Gasteiger partial charge in [-0.15, -0.1) is 11.3 Å². The third kappa shape index (κ3) is 4.74. The molecule has 0 radical (unpaired) electrons. The Bertz CT molecular complexity index is 1060. The van der Waals surface area contributed by atoms with Crippen LogP contribution >= 0.6 is 11.3 Å². The van der Waals surface area contributed by atoms with Gasteiger partial charge in [0.25, 0.3) is 0 Å². The Balaban J connectivity index is 1.44. The lowest BCUT2D eigenvalue weighted by Crippen LogP contribution is -2.26. The van der Waals surface area contributed by atoms with E-state index in [1.54, 1.807) is 17.4 Å². The Morgan fingerprint density at radius 2 is 1.97 bits per heavy atom. The van der Waals surface area contributed by atoms with Crippen molar-refractivity contribution in [3.63, 3.8) is 0 Å². The van der Waals surface area contributed by atoms with Crippen molar-refractivity contribution in [2.24, 2.45) is 0 Å². The number of aromatic nitrogens is 3. The Morgan fingerprint density at radius 1 is 1.17 bits per heavy atom. The molecule has 1 aliphatic heterocycles. The highest BCUT2D eigenvalue weighted by Gasteiger charge is 2.27. The van der Waals surface area contributed by atoms with Crippen LogP contribution in [0.5, 0.6) is 0 Å². The van der Waals surface area contributed by atoms with E-state index in [0.717, 1.165) is 40.9 Å². The normalized spacial score (nSPS) is 16.4. The topological polar surface area (TPSA) is 71.0 Å². The van der Waals surface area contributed by atoms with E-state index < -0.39 is 0 Å². The number of nitrogens with one attached hydrogen (secondary N) is 1. The van der Waals surface area contributed by atoms with Gasteiger partial charge in [-0.25, -0.2) is 15.0 Å². The minimum Gasteiger partial charge on any atom is -0.338 e. The van der Waals surface area contributed by atoms with Gasteiger partial charge in [0.05, 0.1) is 11.4 Å². The third-order valence-corrected chi connectivity index (χ3v) is 6.25. The largest absolute Gasteiger partial charge is 0.338 e. The molecule has 3 aromatic rings. The first-order chi connectivity index (χ1) is 14.5. The molecule has 154 valence electrons.